The summed E-state index contributed by atoms with van der Waals surface area (Å²) in [7, 11) is 0. The predicted molar refractivity (Wildman–Crippen MR) is 50.5 cm³/mol. The van der Waals surface area contributed by atoms with E-state index in [1.165, 1.54) is 0 Å². The molecule has 3 nitrogen and oxygen atoms in total. The van der Waals surface area contributed by atoms with Crippen LogP contribution in [0, 0.1) is 0 Å². The molecule has 2 saturated heterocycles. The van der Waals surface area contributed by atoms with Crippen molar-refractivity contribution in [2.24, 2.45) is 0 Å². The number of hydrogen-bond donors (Lipinski definition) is 1. The highest BCUT2D eigenvalue weighted by molar-refractivity contribution is 4.91. The molecular formula is C10H17NO2. The molecule has 2 heterocycles. The van der Waals surface area contributed by atoms with Crippen molar-refractivity contribution in [1.82, 2.24) is 5.32 Å². The summed E-state index contributed by atoms with van der Waals surface area (Å²) in [4.78, 5) is 0. The summed E-state index contributed by atoms with van der Waals surface area (Å²) in [5, 5.41) is 3.40. The zero-order valence-electron chi connectivity index (χ0n) is 7.92. The van der Waals surface area contributed by atoms with Gasteiger partial charge in [0.1, 0.15) is 0 Å². The number of nitrogens with one attached hydrogen (secondary N) is 1. The van der Waals surface area contributed by atoms with Crippen molar-refractivity contribution in [3.05, 3.63) is 12.7 Å². The molecule has 3 heteroatoms. The van der Waals surface area contributed by atoms with Crippen LogP contribution in [-0.2, 0) is 9.47 Å². The third-order valence-electron chi connectivity index (χ3n) is 2.80. The van der Waals surface area contributed by atoms with E-state index in [1.807, 2.05) is 6.08 Å². The van der Waals surface area contributed by atoms with Gasteiger partial charge in [-0.05, 0) is 12.8 Å². The summed E-state index contributed by atoms with van der Waals surface area (Å²) in [6.07, 6.45) is 5.25. The normalized spacial score (nSPS) is 33.1. The van der Waals surface area contributed by atoms with Gasteiger partial charge in [-0.25, -0.2) is 0 Å². The van der Waals surface area contributed by atoms with Gasteiger partial charge in [0.25, 0.3) is 0 Å². The Morgan fingerprint density at radius 2 is 2.15 bits per heavy atom. The van der Waals surface area contributed by atoms with Gasteiger partial charge in [-0.1, -0.05) is 6.08 Å². The molecule has 0 aromatic rings. The van der Waals surface area contributed by atoms with E-state index in [0.29, 0.717) is 6.04 Å². The van der Waals surface area contributed by atoms with Crippen LogP contribution in [0.4, 0.5) is 0 Å². The molecule has 0 saturated carbocycles. The summed E-state index contributed by atoms with van der Waals surface area (Å²) < 4.78 is 11.3. The minimum Gasteiger partial charge on any atom is -0.346 e. The van der Waals surface area contributed by atoms with E-state index >= 15 is 0 Å². The molecule has 1 spiro atoms. The molecule has 2 rings (SSSR count). The Labute approximate surface area is 79.1 Å². The van der Waals surface area contributed by atoms with Crippen LogP contribution in [0.2, 0.25) is 0 Å². The highest BCUT2D eigenvalue weighted by atomic mass is 16.7. The average molecular weight is 183 g/mol. The summed E-state index contributed by atoms with van der Waals surface area (Å²) in [6.45, 7) is 6.07. The van der Waals surface area contributed by atoms with Crippen molar-refractivity contribution in [3.63, 3.8) is 0 Å². The molecular weight excluding hydrogens is 166 g/mol. The smallest absolute Gasteiger partial charge is 0.180 e. The second-order valence-electron chi connectivity index (χ2n) is 3.72. The van der Waals surface area contributed by atoms with Gasteiger partial charge in [-0.2, -0.15) is 0 Å². The third kappa shape index (κ3) is 1.93. The molecule has 0 bridgehead atoms. The van der Waals surface area contributed by atoms with E-state index < -0.39 is 0 Å². The average Bonchev–Trinajstić information content (AvgIpc) is 2.49. The fourth-order valence-corrected chi connectivity index (χ4v) is 2.01. The van der Waals surface area contributed by atoms with Crippen molar-refractivity contribution >= 4 is 0 Å². The first kappa shape index (κ1) is 9.19. The number of ether oxygens (including phenoxy) is 2. The van der Waals surface area contributed by atoms with Gasteiger partial charge >= 0.3 is 0 Å². The minimum atomic E-state index is -0.322. The lowest BCUT2D eigenvalue weighted by molar-refractivity contribution is -0.155. The largest absolute Gasteiger partial charge is 0.346 e. The molecule has 2 aliphatic heterocycles. The fourth-order valence-electron chi connectivity index (χ4n) is 2.01. The van der Waals surface area contributed by atoms with Crippen molar-refractivity contribution < 1.29 is 9.47 Å². The van der Waals surface area contributed by atoms with E-state index in [9.17, 15) is 0 Å². The number of rotatable bonds is 1. The maximum Gasteiger partial charge on any atom is 0.180 e. The first-order chi connectivity index (χ1) is 6.35. The number of hydrogen-bond acceptors (Lipinski definition) is 3. The Kier molecular flexibility index (Phi) is 2.67. The molecule has 13 heavy (non-hydrogen) atoms. The molecule has 0 aromatic carbocycles. The third-order valence-corrected chi connectivity index (χ3v) is 2.80. The van der Waals surface area contributed by atoms with Crippen LogP contribution >= 0.6 is 0 Å². The lowest BCUT2D eigenvalue weighted by Gasteiger charge is -2.25. The van der Waals surface area contributed by atoms with Crippen LogP contribution < -0.4 is 5.32 Å². The topological polar surface area (TPSA) is 30.5 Å². The Morgan fingerprint density at radius 1 is 1.38 bits per heavy atom. The Hall–Kier alpha value is -0.380. The standard InChI is InChI=1S/C10H17NO2/c1-2-9-4-3-5-10(8-11-9)12-6-7-13-10/h2,9,11H,1,3-8H2/t9-/m0/s1. The maximum absolute atomic E-state index is 5.64. The molecule has 2 aliphatic rings. The second kappa shape index (κ2) is 3.78. The molecule has 1 N–H and O–H groups in total. The fraction of sp³-hybridized carbons (Fsp3) is 0.800. The van der Waals surface area contributed by atoms with Gasteiger partial charge in [0.15, 0.2) is 5.79 Å². The minimum absolute atomic E-state index is 0.322. The molecule has 2 fully saturated rings. The predicted octanol–water partition coefficient (Wildman–Crippen LogP) is 1.06. The maximum atomic E-state index is 5.64. The Bertz CT molecular complexity index is 187. The van der Waals surface area contributed by atoms with Gasteiger partial charge in [0, 0.05) is 12.5 Å². The molecule has 0 radical (unpaired) electrons. The van der Waals surface area contributed by atoms with Crippen LogP contribution in [0.5, 0.6) is 0 Å². The lowest BCUT2D eigenvalue weighted by atomic mass is 10.1. The van der Waals surface area contributed by atoms with Crippen LogP contribution in [0.1, 0.15) is 19.3 Å². The summed E-state index contributed by atoms with van der Waals surface area (Å²) in [5.41, 5.74) is 0. The van der Waals surface area contributed by atoms with Gasteiger partial charge in [-0.15, -0.1) is 6.58 Å². The molecule has 0 aliphatic carbocycles. The zero-order chi connectivity index (χ0) is 9.15. The highest BCUT2D eigenvalue weighted by Crippen LogP contribution is 2.27. The van der Waals surface area contributed by atoms with Crippen molar-refractivity contribution in [2.75, 3.05) is 19.8 Å². The van der Waals surface area contributed by atoms with Gasteiger partial charge in [0.05, 0.1) is 19.8 Å². The highest BCUT2D eigenvalue weighted by Gasteiger charge is 2.37. The lowest BCUT2D eigenvalue weighted by Crippen LogP contribution is -2.42. The van der Waals surface area contributed by atoms with Crippen molar-refractivity contribution in [2.45, 2.75) is 31.1 Å². The van der Waals surface area contributed by atoms with E-state index in [2.05, 4.69) is 11.9 Å². The monoisotopic (exact) mass is 183 g/mol. The van der Waals surface area contributed by atoms with E-state index in [-0.39, 0.29) is 5.79 Å². The molecule has 0 amide bonds. The molecule has 74 valence electrons. The summed E-state index contributed by atoms with van der Waals surface area (Å²) >= 11 is 0. The Morgan fingerprint density at radius 3 is 2.85 bits per heavy atom. The van der Waals surface area contributed by atoms with Gasteiger partial charge in [-0.3, -0.25) is 0 Å². The van der Waals surface area contributed by atoms with Gasteiger partial charge < -0.3 is 14.8 Å². The van der Waals surface area contributed by atoms with Crippen LogP contribution in [0.15, 0.2) is 12.7 Å². The molecule has 0 aromatic heterocycles. The second-order valence-corrected chi connectivity index (χ2v) is 3.72. The first-order valence-electron chi connectivity index (χ1n) is 4.98. The first-order valence-corrected chi connectivity index (χ1v) is 4.98. The SMILES string of the molecule is C=C[C@H]1CCCC2(CN1)OCCO2. The van der Waals surface area contributed by atoms with E-state index in [4.69, 9.17) is 9.47 Å². The van der Waals surface area contributed by atoms with E-state index in [0.717, 1.165) is 39.0 Å². The summed E-state index contributed by atoms with van der Waals surface area (Å²) in [6, 6.07) is 0.423. The van der Waals surface area contributed by atoms with Crippen LogP contribution in [-0.4, -0.2) is 31.6 Å². The molecule has 0 unspecified atom stereocenters. The van der Waals surface area contributed by atoms with Crippen molar-refractivity contribution in [1.29, 1.82) is 0 Å². The Balaban J connectivity index is 1.96. The van der Waals surface area contributed by atoms with Crippen LogP contribution in [0.25, 0.3) is 0 Å². The quantitative estimate of drug-likeness (QED) is 0.616. The van der Waals surface area contributed by atoms with Gasteiger partial charge in [0.2, 0.25) is 0 Å². The zero-order valence-corrected chi connectivity index (χ0v) is 7.92. The van der Waals surface area contributed by atoms with Crippen molar-refractivity contribution in [3.8, 4) is 0 Å². The van der Waals surface area contributed by atoms with Crippen LogP contribution in [0.3, 0.4) is 0 Å². The van der Waals surface area contributed by atoms with E-state index in [1.54, 1.807) is 0 Å². The summed E-state index contributed by atoms with van der Waals surface area (Å²) in [5.74, 6) is -0.322. The molecule has 1 atom stereocenters.